The molecule has 6 heteroatoms. The van der Waals surface area contributed by atoms with Crippen LogP contribution in [0.5, 0.6) is 5.75 Å². The molecular formula is C19H21NO5. The molecule has 1 aromatic carbocycles. The summed E-state index contributed by atoms with van der Waals surface area (Å²) in [6.07, 6.45) is 1.29. The molecule has 1 aliphatic heterocycles. The number of morpholine rings is 1. The van der Waals surface area contributed by atoms with E-state index >= 15 is 0 Å². The van der Waals surface area contributed by atoms with Crippen LogP contribution in [0.4, 0.5) is 0 Å². The number of benzene rings is 1. The topological polar surface area (TPSA) is 69.0 Å². The summed E-state index contributed by atoms with van der Waals surface area (Å²) >= 11 is 0. The molecule has 0 saturated carbocycles. The fraction of sp³-hybridized carbons (Fsp3) is 0.368. The maximum atomic E-state index is 12.0. The third-order valence-electron chi connectivity index (χ3n) is 3.98. The number of hydrogen-bond donors (Lipinski definition) is 0. The molecule has 0 bridgehead atoms. The van der Waals surface area contributed by atoms with E-state index in [4.69, 9.17) is 13.9 Å². The molecule has 0 aliphatic carbocycles. The van der Waals surface area contributed by atoms with E-state index in [-0.39, 0.29) is 29.7 Å². The van der Waals surface area contributed by atoms with Crippen molar-refractivity contribution in [3.05, 3.63) is 64.2 Å². The highest BCUT2D eigenvalue weighted by Gasteiger charge is 2.22. The monoisotopic (exact) mass is 343 g/mol. The lowest BCUT2D eigenvalue weighted by molar-refractivity contribution is -0.118. The van der Waals surface area contributed by atoms with Gasteiger partial charge in [-0.3, -0.25) is 14.5 Å². The Kier molecular flexibility index (Phi) is 5.63. The minimum absolute atomic E-state index is 0.0137. The Morgan fingerprint density at radius 1 is 1.32 bits per heavy atom. The number of Topliss-reactive ketones (excluding diaryl/α,β-unsaturated/α-hetero) is 1. The van der Waals surface area contributed by atoms with Gasteiger partial charge in [0.05, 0.1) is 19.3 Å². The number of nitrogens with zero attached hydrogens (tertiary/aromatic N) is 1. The van der Waals surface area contributed by atoms with Gasteiger partial charge in [0.15, 0.2) is 5.78 Å². The second kappa shape index (κ2) is 8.09. The van der Waals surface area contributed by atoms with Gasteiger partial charge in [-0.2, -0.15) is 0 Å². The van der Waals surface area contributed by atoms with Crippen molar-refractivity contribution >= 4 is 5.78 Å². The van der Waals surface area contributed by atoms with E-state index in [0.717, 1.165) is 18.7 Å². The van der Waals surface area contributed by atoms with E-state index in [1.807, 2.05) is 18.2 Å². The fourth-order valence-electron chi connectivity index (χ4n) is 2.74. The number of carbonyl (C=O) groups excluding carboxylic acids is 1. The van der Waals surface area contributed by atoms with E-state index < -0.39 is 0 Å². The van der Waals surface area contributed by atoms with Gasteiger partial charge < -0.3 is 13.9 Å². The molecule has 0 spiro atoms. The summed E-state index contributed by atoms with van der Waals surface area (Å²) < 4.78 is 16.5. The van der Waals surface area contributed by atoms with Gasteiger partial charge in [0.1, 0.15) is 18.6 Å². The Morgan fingerprint density at radius 3 is 2.84 bits per heavy atom. The summed E-state index contributed by atoms with van der Waals surface area (Å²) in [6, 6.07) is 11.5. The third-order valence-corrected chi connectivity index (χ3v) is 3.98. The summed E-state index contributed by atoms with van der Waals surface area (Å²) in [4.78, 5) is 25.2. The summed E-state index contributed by atoms with van der Waals surface area (Å²) in [5, 5.41) is 0. The molecule has 0 N–H and O–H groups in total. The van der Waals surface area contributed by atoms with Crippen molar-refractivity contribution in [1.29, 1.82) is 0 Å². The number of ether oxygens (including phenoxy) is 2. The van der Waals surface area contributed by atoms with Gasteiger partial charge in [-0.1, -0.05) is 30.3 Å². The SMILES string of the molecule is CC(=O)COc1coc(CN2CCO[C@H](c3ccccc3)C2)cc1=O. The van der Waals surface area contributed by atoms with E-state index in [1.165, 1.54) is 19.3 Å². The highest BCUT2D eigenvalue weighted by molar-refractivity contribution is 5.77. The van der Waals surface area contributed by atoms with Crippen LogP contribution < -0.4 is 10.2 Å². The molecule has 1 saturated heterocycles. The van der Waals surface area contributed by atoms with Crippen LogP contribution in [0.15, 0.2) is 51.9 Å². The molecule has 0 radical (unpaired) electrons. The van der Waals surface area contributed by atoms with Gasteiger partial charge in [0.2, 0.25) is 11.2 Å². The normalized spacial score (nSPS) is 18.0. The quantitative estimate of drug-likeness (QED) is 0.801. The van der Waals surface area contributed by atoms with E-state index in [9.17, 15) is 9.59 Å². The molecule has 25 heavy (non-hydrogen) atoms. The molecule has 2 aromatic rings. The highest BCUT2D eigenvalue weighted by Crippen LogP contribution is 2.23. The van der Waals surface area contributed by atoms with Crippen LogP contribution in [0.3, 0.4) is 0 Å². The molecule has 0 amide bonds. The van der Waals surface area contributed by atoms with Crippen LogP contribution >= 0.6 is 0 Å². The van der Waals surface area contributed by atoms with Crippen molar-refractivity contribution in [2.75, 3.05) is 26.3 Å². The van der Waals surface area contributed by atoms with Crippen LogP contribution in [0.25, 0.3) is 0 Å². The lowest BCUT2D eigenvalue weighted by Gasteiger charge is -2.32. The Labute approximate surface area is 146 Å². The van der Waals surface area contributed by atoms with Crippen LogP contribution in [0.1, 0.15) is 24.4 Å². The first-order valence-corrected chi connectivity index (χ1v) is 8.24. The summed E-state index contributed by atoms with van der Waals surface area (Å²) in [6.45, 7) is 3.92. The van der Waals surface area contributed by atoms with Gasteiger partial charge >= 0.3 is 0 Å². The van der Waals surface area contributed by atoms with Gasteiger partial charge in [-0.25, -0.2) is 0 Å². The average molecular weight is 343 g/mol. The van der Waals surface area contributed by atoms with Crippen molar-refractivity contribution in [3.63, 3.8) is 0 Å². The molecule has 1 aromatic heterocycles. The number of rotatable bonds is 6. The largest absolute Gasteiger partial charge is 0.479 e. The van der Waals surface area contributed by atoms with E-state index in [2.05, 4.69) is 17.0 Å². The summed E-state index contributed by atoms with van der Waals surface area (Å²) in [5.41, 5.74) is 0.858. The number of ketones is 1. The van der Waals surface area contributed by atoms with Crippen molar-refractivity contribution in [3.8, 4) is 5.75 Å². The zero-order valence-electron chi connectivity index (χ0n) is 14.1. The van der Waals surface area contributed by atoms with Crippen LogP contribution in [-0.2, 0) is 16.1 Å². The number of carbonyl (C=O) groups is 1. The first kappa shape index (κ1) is 17.4. The number of hydrogen-bond acceptors (Lipinski definition) is 6. The van der Waals surface area contributed by atoms with Crippen LogP contribution in [0.2, 0.25) is 0 Å². The summed E-state index contributed by atoms with van der Waals surface area (Å²) in [7, 11) is 0. The van der Waals surface area contributed by atoms with Crippen molar-refractivity contribution in [1.82, 2.24) is 4.90 Å². The molecule has 1 fully saturated rings. The molecular weight excluding hydrogens is 322 g/mol. The molecule has 1 atom stereocenters. The zero-order chi connectivity index (χ0) is 17.6. The lowest BCUT2D eigenvalue weighted by Crippen LogP contribution is -2.37. The first-order chi connectivity index (χ1) is 12.1. The fourth-order valence-corrected chi connectivity index (χ4v) is 2.74. The zero-order valence-corrected chi connectivity index (χ0v) is 14.1. The predicted octanol–water partition coefficient (Wildman–Crippen LogP) is 2.18. The van der Waals surface area contributed by atoms with Crippen molar-refractivity contribution in [2.24, 2.45) is 0 Å². The minimum atomic E-state index is -0.282. The van der Waals surface area contributed by atoms with E-state index in [1.54, 1.807) is 0 Å². The Morgan fingerprint density at radius 2 is 2.12 bits per heavy atom. The second-order valence-electron chi connectivity index (χ2n) is 6.07. The van der Waals surface area contributed by atoms with Crippen molar-refractivity contribution in [2.45, 2.75) is 19.6 Å². The maximum absolute atomic E-state index is 12.0. The van der Waals surface area contributed by atoms with Crippen LogP contribution in [-0.4, -0.2) is 37.0 Å². The summed E-state index contributed by atoms with van der Waals surface area (Å²) in [5.74, 6) is 0.473. The first-order valence-electron chi connectivity index (χ1n) is 8.24. The lowest BCUT2D eigenvalue weighted by atomic mass is 10.1. The smallest absolute Gasteiger partial charge is 0.227 e. The average Bonchev–Trinajstić information content (AvgIpc) is 2.62. The minimum Gasteiger partial charge on any atom is -0.479 e. The third kappa shape index (κ3) is 4.78. The Balaban J connectivity index is 1.63. The molecule has 132 valence electrons. The van der Waals surface area contributed by atoms with Crippen molar-refractivity contribution < 1.29 is 18.7 Å². The van der Waals surface area contributed by atoms with Gasteiger partial charge in [0.25, 0.3) is 0 Å². The van der Waals surface area contributed by atoms with Gasteiger partial charge in [-0.05, 0) is 12.5 Å². The Hall–Kier alpha value is -2.44. The Bertz CT molecular complexity index is 771. The molecule has 3 rings (SSSR count). The maximum Gasteiger partial charge on any atom is 0.227 e. The standard InChI is InChI=1S/C19H21NO5/c1-14(21)12-25-19-13-24-16(9-17(19)22)10-20-7-8-23-18(11-20)15-5-3-2-4-6-15/h2-6,9,13,18H,7-8,10-12H2,1H3/t18-/m0/s1. The molecule has 1 aliphatic rings. The highest BCUT2D eigenvalue weighted by atomic mass is 16.5. The van der Waals surface area contributed by atoms with Crippen LogP contribution in [0, 0.1) is 0 Å². The predicted molar refractivity (Wildman–Crippen MR) is 91.6 cm³/mol. The van der Waals surface area contributed by atoms with Gasteiger partial charge in [-0.15, -0.1) is 0 Å². The molecule has 6 nitrogen and oxygen atoms in total. The van der Waals surface area contributed by atoms with E-state index in [0.29, 0.717) is 18.9 Å². The van der Waals surface area contributed by atoms with Gasteiger partial charge in [0, 0.05) is 19.2 Å². The molecule has 0 unspecified atom stereocenters. The molecule has 2 heterocycles. The second-order valence-corrected chi connectivity index (χ2v) is 6.07.